The van der Waals surface area contributed by atoms with Crippen molar-refractivity contribution in [3.8, 4) is 0 Å². The molecule has 0 saturated carbocycles. The fourth-order valence-corrected chi connectivity index (χ4v) is 4.68. The molecule has 0 aromatic heterocycles. The Kier molecular flexibility index (Phi) is 4.70. The normalized spacial score (nSPS) is 22.1. The largest absolute Gasteiger partial charge is 0.376 e. The molecule has 1 aliphatic heterocycles. The first kappa shape index (κ1) is 16.5. The third-order valence-corrected chi connectivity index (χ3v) is 6.47. The molecule has 0 spiro atoms. The SMILES string of the molecule is [2H]C=C1CN(S(=O)(=O)c2ccc(C)cc2)C[C@H]1[C@@H](OC)c1ccccc1. The summed E-state index contributed by atoms with van der Waals surface area (Å²) in [6.07, 6.45) is -0.286. The second-order valence-electron chi connectivity index (χ2n) is 6.36. The minimum absolute atomic E-state index is 0.180. The number of nitrogens with zero attached hydrogens (tertiary/aromatic N) is 1. The molecule has 1 saturated heterocycles. The summed E-state index contributed by atoms with van der Waals surface area (Å²) in [5.74, 6) is -0.180. The van der Waals surface area contributed by atoms with Crippen molar-refractivity contribution in [3.05, 3.63) is 77.9 Å². The molecule has 4 nitrogen and oxygen atoms in total. The van der Waals surface area contributed by atoms with E-state index in [1.165, 1.54) is 10.9 Å². The first-order valence-corrected chi connectivity index (χ1v) is 9.63. The Bertz CT molecular complexity index is 879. The predicted molar refractivity (Wildman–Crippen MR) is 98.8 cm³/mol. The smallest absolute Gasteiger partial charge is 0.243 e. The van der Waals surface area contributed by atoms with E-state index in [2.05, 4.69) is 0 Å². The zero-order valence-corrected chi connectivity index (χ0v) is 15.2. The van der Waals surface area contributed by atoms with Gasteiger partial charge < -0.3 is 4.74 Å². The van der Waals surface area contributed by atoms with Crippen LogP contribution in [0.5, 0.6) is 0 Å². The standard InChI is InChI=1S/C20H23NO3S/c1-15-9-11-18(12-10-15)25(22,23)21-13-16(2)19(14-21)20(24-3)17-7-5-4-6-8-17/h4-12,19-20H,2,13-14H2,1,3H3/t19-,20+/m1/s1/i2D. The molecule has 1 aliphatic rings. The summed E-state index contributed by atoms with van der Waals surface area (Å²) in [6.45, 7) is 3.71. The predicted octanol–water partition coefficient (Wildman–Crippen LogP) is 3.56. The molecule has 0 N–H and O–H groups in total. The molecule has 0 unspecified atom stereocenters. The van der Waals surface area contributed by atoms with Gasteiger partial charge in [-0.15, -0.1) is 0 Å². The van der Waals surface area contributed by atoms with Crippen molar-refractivity contribution >= 4 is 10.0 Å². The van der Waals surface area contributed by atoms with Crippen LogP contribution in [0.15, 0.2) is 71.6 Å². The van der Waals surface area contributed by atoms with Gasteiger partial charge in [0, 0.05) is 26.1 Å². The molecule has 0 aliphatic carbocycles. The van der Waals surface area contributed by atoms with Crippen LogP contribution < -0.4 is 0 Å². The van der Waals surface area contributed by atoms with Crippen molar-refractivity contribution in [1.29, 1.82) is 0 Å². The van der Waals surface area contributed by atoms with E-state index >= 15 is 0 Å². The van der Waals surface area contributed by atoms with Gasteiger partial charge in [0.1, 0.15) is 0 Å². The van der Waals surface area contributed by atoms with Crippen molar-refractivity contribution in [2.75, 3.05) is 20.2 Å². The summed E-state index contributed by atoms with van der Waals surface area (Å²) in [5, 5.41) is 0. The van der Waals surface area contributed by atoms with Gasteiger partial charge in [0.25, 0.3) is 0 Å². The summed E-state index contributed by atoms with van der Waals surface area (Å²) in [6, 6.07) is 16.6. The number of hydrogen-bond acceptors (Lipinski definition) is 3. The number of benzene rings is 2. The average Bonchev–Trinajstić information content (AvgIpc) is 3.08. The van der Waals surface area contributed by atoms with Gasteiger partial charge in [0.15, 0.2) is 0 Å². The zero-order valence-electron chi connectivity index (χ0n) is 15.4. The fraction of sp³-hybridized carbons (Fsp3) is 0.300. The lowest BCUT2D eigenvalue weighted by molar-refractivity contribution is 0.0677. The highest BCUT2D eigenvalue weighted by Crippen LogP contribution is 2.37. The van der Waals surface area contributed by atoms with E-state index in [-0.39, 0.29) is 23.5 Å². The zero-order chi connectivity index (χ0) is 18.7. The minimum Gasteiger partial charge on any atom is -0.376 e. The van der Waals surface area contributed by atoms with Gasteiger partial charge in [0.2, 0.25) is 10.0 Å². The van der Waals surface area contributed by atoms with Gasteiger partial charge in [-0.25, -0.2) is 8.42 Å². The Morgan fingerprint density at radius 2 is 1.88 bits per heavy atom. The van der Waals surface area contributed by atoms with E-state index in [0.717, 1.165) is 16.7 Å². The van der Waals surface area contributed by atoms with Crippen LogP contribution in [0.1, 0.15) is 18.6 Å². The maximum absolute atomic E-state index is 13.0. The van der Waals surface area contributed by atoms with Gasteiger partial charge in [-0.1, -0.05) is 60.2 Å². The molecule has 2 aromatic carbocycles. The highest BCUT2D eigenvalue weighted by atomic mass is 32.2. The first-order valence-electron chi connectivity index (χ1n) is 8.77. The van der Waals surface area contributed by atoms with E-state index in [4.69, 9.17) is 6.11 Å². The van der Waals surface area contributed by atoms with E-state index in [0.29, 0.717) is 6.54 Å². The summed E-state index contributed by atoms with van der Waals surface area (Å²) >= 11 is 0. The average molecular weight is 358 g/mol. The summed E-state index contributed by atoms with van der Waals surface area (Å²) < 4.78 is 40.9. The first-order chi connectivity index (χ1) is 12.5. The topological polar surface area (TPSA) is 46.6 Å². The van der Waals surface area contributed by atoms with E-state index in [1.54, 1.807) is 31.4 Å². The summed E-state index contributed by atoms with van der Waals surface area (Å²) in [5.41, 5.74) is 2.75. The minimum atomic E-state index is -3.60. The van der Waals surface area contributed by atoms with E-state index in [1.807, 2.05) is 37.3 Å². The lowest BCUT2D eigenvalue weighted by Crippen LogP contribution is -2.30. The Morgan fingerprint density at radius 1 is 1.20 bits per heavy atom. The third kappa shape index (κ3) is 3.54. The molecular formula is C20H23NO3S. The summed E-state index contributed by atoms with van der Waals surface area (Å²) in [7, 11) is -1.98. The van der Waals surface area contributed by atoms with E-state index < -0.39 is 10.0 Å². The van der Waals surface area contributed by atoms with Gasteiger partial charge in [-0.3, -0.25) is 0 Å². The van der Waals surface area contributed by atoms with Crippen LogP contribution in [0.4, 0.5) is 0 Å². The molecule has 0 radical (unpaired) electrons. The number of methoxy groups -OCH3 is 1. The molecule has 2 atom stereocenters. The lowest BCUT2D eigenvalue weighted by atomic mass is 9.92. The number of hydrogen-bond donors (Lipinski definition) is 0. The molecule has 5 heteroatoms. The molecule has 0 bridgehead atoms. The highest BCUT2D eigenvalue weighted by Gasteiger charge is 2.39. The van der Waals surface area contributed by atoms with Crippen molar-refractivity contribution in [1.82, 2.24) is 4.31 Å². The van der Waals surface area contributed by atoms with Crippen molar-refractivity contribution in [2.45, 2.75) is 17.9 Å². The van der Waals surface area contributed by atoms with Crippen LogP contribution >= 0.6 is 0 Å². The van der Waals surface area contributed by atoms with Crippen LogP contribution in [0.2, 0.25) is 0 Å². The quantitative estimate of drug-likeness (QED) is 0.768. The number of rotatable bonds is 5. The molecular weight excluding hydrogens is 334 g/mol. The Hall–Kier alpha value is -1.95. The Labute approximate surface area is 151 Å². The van der Waals surface area contributed by atoms with Crippen LogP contribution in [0, 0.1) is 12.8 Å². The van der Waals surface area contributed by atoms with Gasteiger partial charge in [-0.2, -0.15) is 4.31 Å². The van der Waals surface area contributed by atoms with E-state index in [9.17, 15) is 8.42 Å². The molecule has 3 rings (SSSR count). The molecule has 0 amide bonds. The molecule has 1 heterocycles. The second-order valence-corrected chi connectivity index (χ2v) is 8.30. The van der Waals surface area contributed by atoms with Gasteiger partial charge in [0.05, 0.1) is 12.4 Å². The van der Waals surface area contributed by atoms with Crippen molar-refractivity contribution < 1.29 is 14.5 Å². The van der Waals surface area contributed by atoms with Gasteiger partial charge >= 0.3 is 0 Å². The van der Waals surface area contributed by atoms with Crippen LogP contribution in [0.3, 0.4) is 0 Å². The Balaban J connectivity index is 1.90. The molecule has 132 valence electrons. The van der Waals surface area contributed by atoms with Gasteiger partial charge in [-0.05, 0) is 24.6 Å². The third-order valence-electron chi connectivity index (χ3n) is 4.64. The maximum Gasteiger partial charge on any atom is 0.243 e. The molecule has 1 fully saturated rings. The monoisotopic (exact) mass is 358 g/mol. The maximum atomic E-state index is 13.0. The number of sulfonamides is 1. The van der Waals surface area contributed by atoms with Crippen LogP contribution in [-0.2, 0) is 14.8 Å². The van der Waals surface area contributed by atoms with Crippen molar-refractivity contribution in [2.24, 2.45) is 5.92 Å². The highest BCUT2D eigenvalue weighted by molar-refractivity contribution is 7.89. The molecule has 25 heavy (non-hydrogen) atoms. The lowest BCUT2D eigenvalue weighted by Gasteiger charge is -2.23. The fourth-order valence-electron chi connectivity index (χ4n) is 3.23. The number of aryl methyl sites for hydroxylation is 1. The Morgan fingerprint density at radius 3 is 2.48 bits per heavy atom. The van der Waals surface area contributed by atoms with Crippen LogP contribution in [-0.4, -0.2) is 32.9 Å². The summed E-state index contributed by atoms with van der Waals surface area (Å²) in [4.78, 5) is 0.279. The number of ether oxygens (including phenoxy) is 1. The van der Waals surface area contributed by atoms with Crippen molar-refractivity contribution in [3.63, 3.8) is 0 Å². The van der Waals surface area contributed by atoms with Crippen LogP contribution in [0.25, 0.3) is 0 Å². The second kappa shape index (κ2) is 7.12. The molecule has 2 aromatic rings.